The van der Waals surface area contributed by atoms with Gasteiger partial charge in [0.2, 0.25) is 0 Å². The average Bonchev–Trinajstić information content (AvgIpc) is 2.46. The van der Waals surface area contributed by atoms with Gasteiger partial charge in [-0.05, 0) is 49.1 Å². The van der Waals surface area contributed by atoms with Crippen molar-refractivity contribution in [3.05, 3.63) is 62.5 Å². The van der Waals surface area contributed by atoms with Crippen molar-refractivity contribution in [1.82, 2.24) is 5.32 Å². The first-order chi connectivity index (χ1) is 9.99. The second kappa shape index (κ2) is 7.47. The second-order valence-electron chi connectivity index (χ2n) is 4.63. The lowest BCUT2D eigenvalue weighted by Crippen LogP contribution is -2.26. The van der Waals surface area contributed by atoms with Crippen molar-refractivity contribution in [3.63, 3.8) is 0 Å². The van der Waals surface area contributed by atoms with Gasteiger partial charge in [0.1, 0.15) is 0 Å². The van der Waals surface area contributed by atoms with E-state index in [0.717, 1.165) is 14.5 Å². The lowest BCUT2D eigenvalue weighted by atomic mass is 10.1. The standard InChI is InChI=1S/C16H15Br2NOS/c1-10(11-3-5-15(21-2)6-4-11)19-16(20)12-7-13(17)9-14(18)8-12/h3-10H,1-2H3,(H,19,20). The van der Waals surface area contributed by atoms with Crippen LogP contribution in [0.4, 0.5) is 0 Å². The van der Waals surface area contributed by atoms with Crippen LogP contribution < -0.4 is 5.32 Å². The van der Waals surface area contributed by atoms with Gasteiger partial charge in [0, 0.05) is 19.4 Å². The van der Waals surface area contributed by atoms with E-state index in [0.29, 0.717) is 5.56 Å². The highest BCUT2D eigenvalue weighted by Crippen LogP contribution is 2.22. The molecule has 0 saturated heterocycles. The van der Waals surface area contributed by atoms with Crippen LogP contribution in [0.1, 0.15) is 28.9 Å². The third-order valence-corrected chi connectivity index (χ3v) is 4.75. The SMILES string of the molecule is CSc1ccc(C(C)NC(=O)c2cc(Br)cc(Br)c2)cc1. The van der Waals surface area contributed by atoms with E-state index >= 15 is 0 Å². The Morgan fingerprint density at radius 2 is 1.67 bits per heavy atom. The molecule has 2 nitrogen and oxygen atoms in total. The molecule has 1 N–H and O–H groups in total. The first-order valence-electron chi connectivity index (χ1n) is 6.40. The summed E-state index contributed by atoms with van der Waals surface area (Å²) < 4.78 is 1.75. The molecule has 1 unspecified atom stereocenters. The summed E-state index contributed by atoms with van der Waals surface area (Å²) in [5, 5.41) is 3.02. The highest BCUT2D eigenvalue weighted by molar-refractivity contribution is 9.11. The molecule has 0 aliphatic heterocycles. The van der Waals surface area contributed by atoms with Crippen LogP contribution in [-0.2, 0) is 0 Å². The third kappa shape index (κ3) is 4.59. The first kappa shape index (κ1) is 16.6. The lowest BCUT2D eigenvalue weighted by Gasteiger charge is -2.15. The van der Waals surface area contributed by atoms with Gasteiger partial charge >= 0.3 is 0 Å². The maximum Gasteiger partial charge on any atom is 0.251 e. The van der Waals surface area contributed by atoms with Crippen LogP contribution in [0.25, 0.3) is 0 Å². The average molecular weight is 429 g/mol. The lowest BCUT2D eigenvalue weighted by molar-refractivity contribution is 0.0939. The highest BCUT2D eigenvalue weighted by atomic mass is 79.9. The molecule has 2 aromatic rings. The molecule has 0 bridgehead atoms. The zero-order valence-electron chi connectivity index (χ0n) is 11.7. The summed E-state index contributed by atoms with van der Waals surface area (Å²) in [4.78, 5) is 13.5. The van der Waals surface area contributed by atoms with Crippen molar-refractivity contribution in [2.75, 3.05) is 6.26 Å². The Balaban J connectivity index is 2.10. The van der Waals surface area contributed by atoms with Gasteiger partial charge in [-0.2, -0.15) is 0 Å². The summed E-state index contributed by atoms with van der Waals surface area (Å²) in [7, 11) is 0. The number of carbonyl (C=O) groups is 1. The number of hydrogen-bond donors (Lipinski definition) is 1. The summed E-state index contributed by atoms with van der Waals surface area (Å²) in [6.45, 7) is 1.99. The normalized spacial score (nSPS) is 12.0. The van der Waals surface area contributed by atoms with Crippen LogP contribution in [0.3, 0.4) is 0 Å². The summed E-state index contributed by atoms with van der Waals surface area (Å²) >= 11 is 8.50. The van der Waals surface area contributed by atoms with Crippen molar-refractivity contribution in [2.24, 2.45) is 0 Å². The van der Waals surface area contributed by atoms with Crippen LogP contribution in [-0.4, -0.2) is 12.2 Å². The van der Waals surface area contributed by atoms with E-state index in [4.69, 9.17) is 0 Å². The Kier molecular flexibility index (Phi) is 5.90. The smallest absolute Gasteiger partial charge is 0.251 e. The zero-order chi connectivity index (χ0) is 15.4. The number of halogens is 2. The number of amides is 1. The molecule has 1 atom stereocenters. The van der Waals surface area contributed by atoms with E-state index in [-0.39, 0.29) is 11.9 Å². The minimum atomic E-state index is -0.0848. The molecule has 0 saturated carbocycles. The molecule has 21 heavy (non-hydrogen) atoms. The zero-order valence-corrected chi connectivity index (χ0v) is 15.7. The maximum absolute atomic E-state index is 12.3. The van der Waals surface area contributed by atoms with Gasteiger partial charge < -0.3 is 5.32 Å². The van der Waals surface area contributed by atoms with Crippen molar-refractivity contribution in [2.45, 2.75) is 17.9 Å². The molecule has 0 aliphatic carbocycles. The summed E-state index contributed by atoms with van der Waals surface area (Å²) in [5.74, 6) is -0.0848. The van der Waals surface area contributed by atoms with E-state index in [1.807, 2.05) is 43.5 Å². The van der Waals surface area contributed by atoms with Crippen LogP contribution >= 0.6 is 43.6 Å². The molecule has 110 valence electrons. The van der Waals surface area contributed by atoms with Crippen molar-refractivity contribution >= 4 is 49.5 Å². The van der Waals surface area contributed by atoms with Gasteiger partial charge in [-0.1, -0.05) is 44.0 Å². The van der Waals surface area contributed by atoms with Gasteiger partial charge in [0.15, 0.2) is 0 Å². The maximum atomic E-state index is 12.3. The fraction of sp³-hybridized carbons (Fsp3) is 0.188. The minimum absolute atomic E-state index is 0.0360. The van der Waals surface area contributed by atoms with Crippen molar-refractivity contribution in [3.8, 4) is 0 Å². The van der Waals surface area contributed by atoms with Crippen LogP contribution in [0.15, 0.2) is 56.3 Å². The molecular weight excluding hydrogens is 414 g/mol. The van der Waals surface area contributed by atoms with Crippen LogP contribution in [0, 0.1) is 0 Å². The molecule has 5 heteroatoms. The number of nitrogens with one attached hydrogen (secondary N) is 1. The molecule has 0 heterocycles. The Bertz CT molecular complexity index is 623. The monoisotopic (exact) mass is 427 g/mol. The summed E-state index contributed by atoms with van der Waals surface area (Å²) in [6.07, 6.45) is 2.05. The predicted molar refractivity (Wildman–Crippen MR) is 95.9 cm³/mol. The molecular formula is C16H15Br2NOS. The molecule has 2 rings (SSSR count). The molecule has 0 spiro atoms. The molecule has 2 aromatic carbocycles. The van der Waals surface area contributed by atoms with E-state index in [1.165, 1.54) is 4.90 Å². The van der Waals surface area contributed by atoms with Gasteiger partial charge in [-0.3, -0.25) is 4.79 Å². The third-order valence-electron chi connectivity index (χ3n) is 3.09. The van der Waals surface area contributed by atoms with Crippen molar-refractivity contribution < 1.29 is 4.79 Å². The quantitative estimate of drug-likeness (QED) is 0.658. The molecule has 0 aliphatic rings. The molecule has 1 amide bonds. The van der Waals surface area contributed by atoms with E-state index in [9.17, 15) is 4.79 Å². The number of rotatable bonds is 4. The van der Waals surface area contributed by atoms with Crippen molar-refractivity contribution in [1.29, 1.82) is 0 Å². The number of carbonyl (C=O) groups excluding carboxylic acids is 1. The minimum Gasteiger partial charge on any atom is -0.346 e. The molecule has 0 fully saturated rings. The number of thioether (sulfide) groups is 1. The van der Waals surface area contributed by atoms with E-state index in [2.05, 4.69) is 49.3 Å². The fourth-order valence-electron chi connectivity index (χ4n) is 1.94. The second-order valence-corrected chi connectivity index (χ2v) is 7.34. The van der Waals surface area contributed by atoms with Crippen LogP contribution in [0.2, 0.25) is 0 Å². The number of benzene rings is 2. The molecule has 0 radical (unpaired) electrons. The Morgan fingerprint density at radius 1 is 1.10 bits per heavy atom. The van der Waals surface area contributed by atoms with Crippen LogP contribution in [0.5, 0.6) is 0 Å². The Morgan fingerprint density at radius 3 is 2.19 bits per heavy atom. The predicted octanol–water partition coefficient (Wildman–Crippen LogP) is 5.42. The topological polar surface area (TPSA) is 29.1 Å². The fourth-order valence-corrected chi connectivity index (χ4v) is 3.64. The first-order valence-corrected chi connectivity index (χ1v) is 9.21. The number of hydrogen-bond acceptors (Lipinski definition) is 2. The largest absolute Gasteiger partial charge is 0.346 e. The molecule has 0 aromatic heterocycles. The highest BCUT2D eigenvalue weighted by Gasteiger charge is 2.12. The van der Waals surface area contributed by atoms with E-state index in [1.54, 1.807) is 11.8 Å². The van der Waals surface area contributed by atoms with E-state index < -0.39 is 0 Å². The van der Waals surface area contributed by atoms with Gasteiger partial charge in [0.05, 0.1) is 6.04 Å². The Hall–Kier alpha value is -0.780. The van der Waals surface area contributed by atoms with Gasteiger partial charge in [-0.15, -0.1) is 11.8 Å². The summed E-state index contributed by atoms with van der Waals surface area (Å²) in [5.41, 5.74) is 1.72. The summed E-state index contributed by atoms with van der Waals surface area (Å²) in [6, 6.07) is 13.7. The van der Waals surface area contributed by atoms with Gasteiger partial charge in [-0.25, -0.2) is 0 Å². The Labute approximate surface area is 146 Å². The van der Waals surface area contributed by atoms with Gasteiger partial charge in [0.25, 0.3) is 5.91 Å².